The molecule has 2 heterocycles. The molecule has 1 aliphatic carbocycles. The van der Waals surface area contributed by atoms with Crippen LogP contribution in [0.5, 0.6) is 0 Å². The van der Waals surface area contributed by atoms with Crippen LogP contribution in [-0.4, -0.2) is 17.0 Å². The molecule has 0 spiro atoms. The van der Waals surface area contributed by atoms with Gasteiger partial charge in [0.05, 0.1) is 11.8 Å². The van der Waals surface area contributed by atoms with Gasteiger partial charge in [-0.3, -0.25) is 9.59 Å². The van der Waals surface area contributed by atoms with Crippen LogP contribution in [0.1, 0.15) is 49.8 Å². The molecular weight excluding hydrogens is 290 g/mol. The first-order valence-electron chi connectivity index (χ1n) is 6.75. The first-order chi connectivity index (χ1) is 10.1. The van der Waals surface area contributed by atoms with Crippen molar-refractivity contribution >= 4 is 28.2 Å². The van der Waals surface area contributed by atoms with Crippen LogP contribution in [-0.2, 0) is 12.8 Å². The molecule has 7 heteroatoms. The molecular formula is C14H15N3O3S. The van der Waals surface area contributed by atoms with Crippen molar-refractivity contribution in [1.82, 2.24) is 5.16 Å². The van der Waals surface area contributed by atoms with E-state index >= 15 is 0 Å². The average molecular weight is 305 g/mol. The zero-order chi connectivity index (χ0) is 15.0. The van der Waals surface area contributed by atoms with Crippen molar-refractivity contribution in [2.75, 3.05) is 5.32 Å². The Morgan fingerprint density at radius 3 is 2.81 bits per heavy atom. The highest BCUT2D eigenvalue weighted by Gasteiger charge is 2.25. The summed E-state index contributed by atoms with van der Waals surface area (Å²) in [6.45, 7) is 1.66. The van der Waals surface area contributed by atoms with Gasteiger partial charge in [0, 0.05) is 4.88 Å². The van der Waals surface area contributed by atoms with Crippen LogP contribution in [0.3, 0.4) is 0 Å². The number of thiophene rings is 1. The molecule has 21 heavy (non-hydrogen) atoms. The maximum absolute atomic E-state index is 12.2. The third-order valence-corrected chi connectivity index (χ3v) is 4.85. The number of nitrogens with two attached hydrogens (primary N) is 1. The van der Waals surface area contributed by atoms with Crippen LogP contribution in [0, 0.1) is 6.92 Å². The van der Waals surface area contributed by atoms with Crippen molar-refractivity contribution < 1.29 is 14.1 Å². The smallest absolute Gasteiger partial charge is 0.261 e. The molecule has 6 nitrogen and oxygen atoms in total. The molecule has 0 saturated carbocycles. The van der Waals surface area contributed by atoms with Crippen LogP contribution in [0.2, 0.25) is 0 Å². The number of carbonyl (C=O) groups excluding carboxylic acids is 2. The predicted molar refractivity (Wildman–Crippen MR) is 78.7 cm³/mol. The van der Waals surface area contributed by atoms with E-state index in [1.807, 2.05) is 0 Å². The first kappa shape index (κ1) is 13.8. The minimum atomic E-state index is -0.494. The third kappa shape index (κ3) is 2.44. The second kappa shape index (κ2) is 5.33. The van der Waals surface area contributed by atoms with E-state index in [0.717, 1.165) is 36.1 Å². The molecule has 0 aromatic carbocycles. The molecule has 2 amide bonds. The van der Waals surface area contributed by atoms with Gasteiger partial charge in [-0.2, -0.15) is 0 Å². The number of rotatable bonds is 3. The molecule has 0 bridgehead atoms. The fourth-order valence-corrected chi connectivity index (χ4v) is 3.89. The highest BCUT2D eigenvalue weighted by atomic mass is 32.1. The SMILES string of the molecule is Cc1oncc1C(=O)Nc1sc2c(c1C(N)=O)CCCC2. The standard InChI is InChI=1S/C14H15N3O3S/c1-7-9(6-16-20-7)13(19)17-14-11(12(15)18)8-4-2-3-5-10(8)21-14/h6H,2-5H2,1H3,(H2,15,18)(H,17,19). The molecule has 0 atom stereocenters. The Balaban J connectivity index is 1.95. The normalized spacial score (nSPS) is 13.8. The van der Waals surface area contributed by atoms with Crippen molar-refractivity contribution in [3.05, 3.63) is 33.5 Å². The minimum absolute atomic E-state index is 0.338. The van der Waals surface area contributed by atoms with E-state index in [1.165, 1.54) is 17.5 Å². The molecule has 1 aliphatic rings. The zero-order valence-electron chi connectivity index (χ0n) is 11.6. The quantitative estimate of drug-likeness (QED) is 0.908. The van der Waals surface area contributed by atoms with Gasteiger partial charge in [0.15, 0.2) is 0 Å². The summed E-state index contributed by atoms with van der Waals surface area (Å²) in [6, 6.07) is 0. The lowest BCUT2D eigenvalue weighted by Gasteiger charge is -2.11. The van der Waals surface area contributed by atoms with Gasteiger partial charge in [0.2, 0.25) is 0 Å². The van der Waals surface area contributed by atoms with Gasteiger partial charge in [0.1, 0.15) is 16.3 Å². The lowest BCUT2D eigenvalue weighted by molar-refractivity contribution is 0.100. The number of nitrogens with one attached hydrogen (secondary N) is 1. The van der Waals surface area contributed by atoms with Gasteiger partial charge < -0.3 is 15.6 Å². The minimum Gasteiger partial charge on any atom is -0.365 e. The largest absolute Gasteiger partial charge is 0.365 e. The fraction of sp³-hybridized carbons (Fsp3) is 0.357. The Hall–Kier alpha value is -2.15. The number of primary amides is 1. The Labute approximate surface area is 125 Å². The van der Waals surface area contributed by atoms with Gasteiger partial charge in [-0.1, -0.05) is 5.16 Å². The zero-order valence-corrected chi connectivity index (χ0v) is 12.4. The van der Waals surface area contributed by atoms with Gasteiger partial charge >= 0.3 is 0 Å². The third-order valence-electron chi connectivity index (χ3n) is 3.64. The number of carbonyl (C=O) groups is 2. The summed E-state index contributed by atoms with van der Waals surface area (Å²) in [7, 11) is 0. The number of aromatic nitrogens is 1. The molecule has 110 valence electrons. The molecule has 0 aliphatic heterocycles. The second-order valence-electron chi connectivity index (χ2n) is 5.03. The van der Waals surface area contributed by atoms with Gasteiger partial charge in [-0.15, -0.1) is 11.3 Å². The van der Waals surface area contributed by atoms with Crippen LogP contribution in [0.15, 0.2) is 10.7 Å². The maximum Gasteiger partial charge on any atom is 0.261 e. The highest BCUT2D eigenvalue weighted by molar-refractivity contribution is 7.17. The lowest BCUT2D eigenvalue weighted by Crippen LogP contribution is -2.18. The summed E-state index contributed by atoms with van der Waals surface area (Å²) < 4.78 is 4.88. The van der Waals surface area contributed by atoms with Crippen molar-refractivity contribution in [2.45, 2.75) is 32.6 Å². The van der Waals surface area contributed by atoms with E-state index in [9.17, 15) is 9.59 Å². The number of anilines is 1. The van der Waals surface area contributed by atoms with E-state index in [-0.39, 0.29) is 5.91 Å². The Kier molecular flexibility index (Phi) is 3.50. The number of hydrogen-bond acceptors (Lipinski definition) is 5. The van der Waals surface area contributed by atoms with E-state index in [0.29, 0.717) is 21.9 Å². The molecule has 2 aromatic rings. The average Bonchev–Trinajstić information content (AvgIpc) is 3.01. The molecule has 0 unspecified atom stereocenters. The molecule has 0 fully saturated rings. The van der Waals surface area contributed by atoms with Crippen molar-refractivity contribution in [3.8, 4) is 0 Å². The number of hydrogen-bond donors (Lipinski definition) is 2. The fourth-order valence-electron chi connectivity index (χ4n) is 2.60. The van der Waals surface area contributed by atoms with E-state index in [2.05, 4.69) is 10.5 Å². The summed E-state index contributed by atoms with van der Waals surface area (Å²) in [5, 5.41) is 6.88. The van der Waals surface area contributed by atoms with E-state index in [4.69, 9.17) is 10.3 Å². The molecule has 3 rings (SSSR count). The Bertz CT molecular complexity index is 717. The number of aryl methyl sites for hydroxylation is 2. The van der Waals surface area contributed by atoms with Crippen LogP contribution >= 0.6 is 11.3 Å². The van der Waals surface area contributed by atoms with Gasteiger partial charge in [-0.05, 0) is 38.2 Å². The molecule has 2 aromatic heterocycles. The van der Waals surface area contributed by atoms with Crippen LogP contribution in [0.25, 0.3) is 0 Å². The van der Waals surface area contributed by atoms with Crippen molar-refractivity contribution in [2.24, 2.45) is 5.73 Å². The first-order valence-corrected chi connectivity index (χ1v) is 7.56. The van der Waals surface area contributed by atoms with Crippen LogP contribution in [0.4, 0.5) is 5.00 Å². The topological polar surface area (TPSA) is 98.2 Å². The van der Waals surface area contributed by atoms with Gasteiger partial charge in [0.25, 0.3) is 11.8 Å². The van der Waals surface area contributed by atoms with Gasteiger partial charge in [-0.25, -0.2) is 0 Å². The van der Waals surface area contributed by atoms with Crippen molar-refractivity contribution in [1.29, 1.82) is 0 Å². The Morgan fingerprint density at radius 2 is 2.14 bits per heavy atom. The molecule has 3 N–H and O–H groups in total. The molecule has 0 saturated heterocycles. The van der Waals surface area contributed by atoms with E-state index in [1.54, 1.807) is 6.92 Å². The monoisotopic (exact) mass is 305 g/mol. The summed E-state index contributed by atoms with van der Waals surface area (Å²) >= 11 is 1.44. The van der Waals surface area contributed by atoms with Crippen LogP contribution < -0.4 is 11.1 Å². The van der Waals surface area contributed by atoms with Crippen molar-refractivity contribution in [3.63, 3.8) is 0 Å². The van der Waals surface area contributed by atoms with E-state index < -0.39 is 5.91 Å². The summed E-state index contributed by atoms with van der Waals surface area (Å²) in [5.74, 6) is -0.393. The maximum atomic E-state index is 12.2. The summed E-state index contributed by atoms with van der Waals surface area (Å²) in [6.07, 6.45) is 5.28. The number of fused-ring (bicyclic) bond motifs is 1. The summed E-state index contributed by atoms with van der Waals surface area (Å²) in [4.78, 5) is 25.1. The highest BCUT2D eigenvalue weighted by Crippen LogP contribution is 2.38. The number of nitrogens with zero attached hydrogens (tertiary/aromatic N) is 1. The lowest BCUT2D eigenvalue weighted by atomic mass is 9.95. The Morgan fingerprint density at radius 1 is 1.38 bits per heavy atom. The number of amides is 2. The second-order valence-corrected chi connectivity index (χ2v) is 6.13. The predicted octanol–water partition coefficient (Wildman–Crippen LogP) is 2.27. The molecule has 0 radical (unpaired) electrons. The summed E-state index contributed by atoms with van der Waals surface area (Å²) in [5.41, 5.74) is 7.30.